The molecule has 0 unspecified atom stereocenters. The molecule has 1 fully saturated rings. The molecule has 0 radical (unpaired) electrons. The van der Waals surface area contributed by atoms with Crippen molar-refractivity contribution in [2.45, 2.75) is 77.0 Å². The van der Waals surface area contributed by atoms with E-state index >= 15 is 0 Å². The highest BCUT2D eigenvalue weighted by Crippen LogP contribution is 2.54. The van der Waals surface area contributed by atoms with Crippen molar-refractivity contribution in [3.8, 4) is 0 Å². The lowest BCUT2D eigenvalue weighted by atomic mass is 9.84. The van der Waals surface area contributed by atoms with Crippen molar-refractivity contribution in [1.29, 1.82) is 0 Å². The number of thioether (sulfide) groups is 1. The van der Waals surface area contributed by atoms with E-state index in [-0.39, 0.29) is 0 Å². The van der Waals surface area contributed by atoms with Crippen LogP contribution < -0.4 is 0 Å². The average molecular weight is 276 g/mol. The second-order valence-corrected chi connectivity index (χ2v) is 7.66. The molecular weight excluding hydrogens is 248 g/mol. The first-order valence-corrected chi connectivity index (χ1v) is 9.35. The van der Waals surface area contributed by atoms with Crippen molar-refractivity contribution in [2.24, 2.45) is 11.8 Å². The molecule has 0 spiro atoms. The molecule has 106 valence electrons. The van der Waals surface area contributed by atoms with Gasteiger partial charge in [0, 0.05) is 0 Å². The average Bonchev–Trinajstić information content (AvgIpc) is 2.81. The molecule has 0 N–H and O–H groups in total. The van der Waals surface area contributed by atoms with E-state index in [2.05, 4.69) is 23.9 Å². The molecule has 3 aliphatic rings. The van der Waals surface area contributed by atoms with E-state index in [4.69, 9.17) is 0 Å². The maximum atomic E-state index is 2.60. The van der Waals surface area contributed by atoms with E-state index in [1.807, 2.05) is 0 Å². The first-order chi connectivity index (χ1) is 9.45. The lowest BCUT2D eigenvalue weighted by Gasteiger charge is -2.20. The molecule has 0 amide bonds. The summed E-state index contributed by atoms with van der Waals surface area (Å²) in [5.41, 5.74) is 0. The smallest absolute Gasteiger partial charge is 0.00278 e. The van der Waals surface area contributed by atoms with Gasteiger partial charge in [-0.2, -0.15) is 0 Å². The fourth-order valence-corrected chi connectivity index (χ4v) is 5.51. The van der Waals surface area contributed by atoms with Crippen molar-refractivity contribution < 1.29 is 0 Å². The number of fused-ring (bicyclic) bond motifs is 3. The molecule has 3 rings (SSSR count). The molecule has 0 saturated carbocycles. The summed E-state index contributed by atoms with van der Waals surface area (Å²) in [5, 5.41) is 0. The van der Waals surface area contributed by atoms with Gasteiger partial charge < -0.3 is 0 Å². The van der Waals surface area contributed by atoms with Crippen LogP contribution in [0.5, 0.6) is 0 Å². The maximum Gasteiger partial charge on any atom is -0.00278 e. The monoisotopic (exact) mass is 276 g/mol. The molecule has 0 nitrogen and oxygen atoms in total. The molecule has 1 heteroatoms. The fourth-order valence-electron chi connectivity index (χ4n) is 3.97. The van der Waals surface area contributed by atoms with Gasteiger partial charge in [0.1, 0.15) is 0 Å². The molecule has 1 aliphatic heterocycles. The van der Waals surface area contributed by atoms with Gasteiger partial charge in [-0.15, -0.1) is 0 Å². The Bertz CT molecular complexity index is 319. The van der Waals surface area contributed by atoms with Gasteiger partial charge in [0.25, 0.3) is 0 Å². The molecule has 0 aromatic heterocycles. The second-order valence-electron chi connectivity index (χ2n) is 6.51. The standard InChI is InChI=1S/C18H28S/c1-3-7-11-15-16-12-8-4-2-6-10-14-18(16)19-17(15)13-9-5-1/h13-16H,1-12H2/b17-13-,18-14-/t15-,16-/m0/s1. The SMILES string of the molecule is C1=C2\S/C3=C\CCCCCC[C@H]3[C@@H]2CCCCCC/1. The third-order valence-corrected chi connectivity index (χ3v) is 6.49. The predicted molar refractivity (Wildman–Crippen MR) is 86.1 cm³/mol. The molecule has 19 heavy (non-hydrogen) atoms. The molecule has 0 aromatic carbocycles. The minimum absolute atomic E-state index is 0.896. The Kier molecular flexibility index (Phi) is 5.09. The number of rotatable bonds is 0. The van der Waals surface area contributed by atoms with Crippen LogP contribution in [0.4, 0.5) is 0 Å². The van der Waals surface area contributed by atoms with Gasteiger partial charge in [0.2, 0.25) is 0 Å². The van der Waals surface area contributed by atoms with E-state index in [0.717, 1.165) is 11.8 Å². The Morgan fingerprint density at radius 3 is 1.63 bits per heavy atom. The van der Waals surface area contributed by atoms with Crippen molar-refractivity contribution in [3.05, 3.63) is 22.0 Å². The molecule has 2 atom stereocenters. The van der Waals surface area contributed by atoms with Crippen LogP contribution in [0.1, 0.15) is 77.0 Å². The zero-order valence-corrected chi connectivity index (χ0v) is 13.0. The lowest BCUT2D eigenvalue weighted by molar-refractivity contribution is 0.392. The molecule has 0 aromatic rings. The van der Waals surface area contributed by atoms with Crippen LogP contribution >= 0.6 is 11.8 Å². The minimum Gasteiger partial charge on any atom is -0.0990 e. The quantitative estimate of drug-likeness (QED) is 0.490. The third-order valence-electron chi connectivity index (χ3n) is 5.08. The minimum atomic E-state index is 0.896. The Morgan fingerprint density at radius 1 is 0.632 bits per heavy atom. The van der Waals surface area contributed by atoms with E-state index < -0.39 is 0 Å². The summed E-state index contributed by atoms with van der Waals surface area (Å²) in [4.78, 5) is 3.50. The van der Waals surface area contributed by atoms with Crippen molar-refractivity contribution in [2.75, 3.05) is 0 Å². The summed E-state index contributed by atoms with van der Waals surface area (Å²) < 4.78 is 0. The Hall–Kier alpha value is -0.170. The molecular formula is C18H28S. The zero-order chi connectivity index (χ0) is 12.9. The Morgan fingerprint density at radius 2 is 1.11 bits per heavy atom. The fraction of sp³-hybridized carbons (Fsp3) is 0.778. The summed E-state index contributed by atoms with van der Waals surface area (Å²) in [6, 6.07) is 0. The first-order valence-electron chi connectivity index (χ1n) is 8.53. The summed E-state index contributed by atoms with van der Waals surface area (Å²) in [7, 11) is 0. The normalized spacial score (nSPS) is 38.7. The Balaban J connectivity index is 1.80. The van der Waals surface area contributed by atoms with Crippen molar-refractivity contribution in [1.82, 2.24) is 0 Å². The van der Waals surface area contributed by atoms with Crippen LogP contribution in [0, 0.1) is 11.8 Å². The molecule has 1 heterocycles. The van der Waals surface area contributed by atoms with Gasteiger partial charge in [0.05, 0.1) is 0 Å². The van der Waals surface area contributed by atoms with Crippen molar-refractivity contribution in [3.63, 3.8) is 0 Å². The van der Waals surface area contributed by atoms with E-state index in [9.17, 15) is 0 Å². The zero-order valence-electron chi connectivity index (χ0n) is 12.2. The lowest BCUT2D eigenvalue weighted by Crippen LogP contribution is -2.10. The van der Waals surface area contributed by atoms with Gasteiger partial charge in [-0.3, -0.25) is 0 Å². The topological polar surface area (TPSA) is 0 Å². The maximum absolute atomic E-state index is 2.60. The molecule has 2 aliphatic carbocycles. The number of hydrogen-bond donors (Lipinski definition) is 0. The Labute approximate surface area is 123 Å². The van der Waals surface area contributed by atoms with Crippen LogP contribution in [0.3, 0.4) is 0 Å². The van der Waals surface area contributed by atoms with Gasteiger partial charge >= 0.3 is 0 Å². The van der Waals surface area contributed by atoms with Crippen LogP contribution in [0.2, 0.25) is 0 Å². The number of hydrogen-bond acceptors (Lipinski definition) is 1. The molecule has 0 bridgehead atoms. The van der Waals surface area contributed by atoms with Crippen molar-refractivity contribution >= 4 is 11.8 Å². The number of allylic oxidation sites excluding steroid dienone is 4. The second kappa shape index (κ2) is 7.02. The van der Waals surface area contributed by atoms with Crippen LogP contribution in [-0.2, 0) is 0 Å². The van der Waals surface area contributed by atoms with Gasteiger partial charge in [-0.05, 0) is 60.2 Å². The highest BCUT2D eigenvalue weighted by Gasteiger charge is 2.35. The van der Waals surface area contributed by atoms with Crippen LogP contribution in [-0.4, -0.2) is 0 Å². The molecule has 1 saturated heterocycles. The van der Waals surface area contributed by atoms with Gasteiger partial charge in [0.15, 0.2) is 0 Å². The first kappa shape index (κ1) is 13.8. The summed E-state index contributed by atoms with van der Waals surface area (Å²) >= 11 is 2.16. The van der Waals surface area contributed by atoms with E-state index in [1.165, 1.54) is 77.0 Å². The van der Waals surface area contributed by atoms with Crippen LogP contribution in [0.25, 0.3) is 0 Å². The summed E-state index contributed by atoms with van der Waals surface area (Å²) in [5.74, 6) is 1.79. The van der Waals surface area contributed by atoms with Gasteiger partial charge in [-0.1, -0.05) is 62.4 Å². The largest absolute Gasteiger partial charge is 0.0990 e. The van der Waals surface area contributed by atoms with Crippen LogP contribution in [0.15, 0.2) is 22.0 Å². The highest BCUT2D eigenvalue weighted by atomic mass is 32.2. The third kappa shape index (κ3) is 3.48. The summed E-state index contributed by atoms with van der Waals surface area (Å²) in [6.07, 6.45) is 22.4. The van der Waals surface area contributed by atoms with Gasteiger partial charge in [-0.25, -0.2) is 0 Å². The highest BCUT2D eigenvalue weighted by molar-refractivity contribution is 8.07. The predicted octanol–water partition coefficient (Wildman–Crippen LogP) is 6.44. The van der Waals surface area contributed by atoms with E-state index in [1.54, 1.807) is 9.81 Å². The summed E-state index contributed by atoms with van der Waals surface area (Å²) in [6.45, 7) is 0. The van der Waals surface area contributed by atoms with E-state index in [0.29, 0.717) is 0 Å².